The van der Waals surface area contributed by atoms with Gasteiger partial charge in [0.1, 0.15) is 0 Å². The predicted octanol–water partition coefficient (Wildman–Crippen LogP) is 1.47. The first-order chi connectivity index (χ1) is 17.7. The van der Waals surface area contributed by atoms with Crippen molar-refractivity contribution >= 4 is 19.3 Å². The van der Waals surface area contributed by atoms with Gasteiger partial charge in [-0.15, -0.1) is 0 Å². The fourth-order valence-corrected chi connectivity index (χ4v) is 12.2. The smallest absolute Gasteiger partial charge is 1.00 e. The summed E-state index contributed by atoms with van der Waals surface area (Å²) < 4.78 is 0.569. The molecule has 0 bridgehead atoms. The average Bonchev–Trinajstić information content (AvgIpc) is 3.26. The van der Waals surface area contributed by atoms with E-state index in [9.17, 15) is 0 Å². The van der Waals surface area contributed by atoms with Gasteiger partial charge in [0.2, 0.25) is 0 Å². The van der Waals surface area contributed by atoms with Crippen LogP contribution in [0.15, 0.2) is 59.8 Å². The minimum atomic E-state index is -1.70. The standard InChI is InChI=1S/C34H51Si.3ClH.Ti/c1-3-4-5-6-7-8-9-10-11-12-13-14-15-16-17-23-28-35(2,33-26-19-18-20-27-33)34-29-31-24-21-22-25-32(31)30-34;;;;/h18-22,24-27,29-30H,3-17,23,28H2,1-2H3;3*1H;/q;;;;+3/p-3. The Morgan fingerprint density at radius 1 is 0.590 bits per heavy atom. The molecule has 0 spiro atoms. The van der Waals surface area contributed by atoms with Gasteiger partial charge in [0.25, 0.3) is 0 Å². The molecule has 1 aliphatic rings. The number of benzene rings is 2. The van der Waals surface area contributed by atoms with Gasteiger partial charge in [0, 0.05) is 0 Å². The van der Waals surface area contributed by atoms with E-state index >= 15 is 0 Å². The summed E-state index contributed by atoms with van der Waals surface area (Å²) >= 11 is 2.44. The molecule has 5 heteroatoms. The first-order valence-electron chi connectivity index (χ1n) is 15.2. The van der Waals surface area contributed by atoms with Gasteiger partial charge in [-0.3, -0.25) is 0 Å². The van der Waals surface area contributed by atoms with E-state index in [1.165, 1.54) is 120 Å². The van der Waals surface area contributed by atoms with Gasteiger partial charge in [0.15, 0.2) is 0 Å². The number of unbranched alkanes of at least 4 members (excludes halogenated alkanes) is 15. The van der Waals surface area contributed by atoms with Crippen LogP contribution in [-0.4, -0.2) is 8.07 Å². The van der Waals surface area contributed by atoms with Gasteiger partial charge >= 0.3 is 179 Å². The maximum absolute atomic E-state index is 2.64. The van der Waals surface area contributed by atoms with Crippen molar-refractivity contribution in [2.45, 2.75) is 126 Å². The van der Waals surface area contributed by atoms with Crippen LogP contribution in [0.2, 0.25) is 12.6 Å². The molecule has 1 aliphatic carbocycles. The molecular formula is C34H51Cl3SiTi. The maximum atomic E-state index is 2.64. The summed E-state index contributed by atoms with van der Waals surface area (Å²) in [5.74, 6) is 0. The number of halogens is 3. The number of allylic oxidation sites excluding steroid dienone is 1. The second-order valence-corrected chi connectivity index (χ2v) is 16.6. The van der Waals surface area contributed by atoms with Crippen LogP contribution < -0.4 is 42.4 Å². The zero-order valence-electron chi connectivity index (χ0n) is 24.5. The Labute approximate surface area is 272 Å². The number of hydrogen-bond acceptors (Lipinski definition) is 0. The SMILES string of the molecule is CCCCCCCCCCCCCCCCCC[Si](C)(C1=Cc2ccccc2[CH]1[Ti+3])c1ccccc1.[Cl-].[Cl-].[Cl-]. The van der Waals surface area contributed by atoms with Crippen LogP contribution in [0.5, 0.6) is 0 Å². The molecule has 0 saturated heterocycles. The Balaban J connectivity index is 0.00000481. The average molecular weight is 642 g/mol. The predicted molar refractivity (Wildman–Crippen MR) is 159 cm³/mol. The van der Waals surface area contributed by atoms with Gasteiger partial charge in [-0.1, -0.05) is 58.3 Å². The molecule has 216 valence electrons. The van der Waals surface area contributed by atoms with Gasteiger partial charge in [0.05, 0.1) is 0 Å². The number of rotatable bonds is 19. The van der Waals surface area contributed by atoms with Crippen molar-refractivity contribution < 1.29 is 57.7 Å². The normalized spacial score (nSPS) is 15.3. The van der Waals surface area contributed by atoms with E-state index in [2.05, 4.69) is 94.6 Å². The molecule has 0 nitrogen and oxygen atoms in total. The maximum Gasteiger partial charge on any atom is -1.00 e. The van der Waals surface area contributed by atoms with Crippen molar-refractivity contribution in [3.8, 4) is 0 Å². The first kappa shape index (κ1) is 39.0. The molecular weight excluding hydrogens is 591 g/mol. The zero-order chi connectivity index (χ0) is 25.5. The second-order valence-electron chi connectivity index (χ2n) is 11.4. The Hall–Kier alpha value is -0.0188. The molecule has 2 unspecified atom stereocenters. The van der Waals surface area contributed by atoms with Crippen molar-refractivity contribution in [2.24, 2.45) is 0 Å². The third-order valence-corrected chi connectivity index (χ3v) is 14.6. The van der Waals surface area contributed by atoms with Gasteiger partial charge in [-0.05, 0) is 0 Å². The van der Waals surface area contributed by atoms with Crippen LogP contribution in [0.3, 0.4) is 0 Å². The summed E-state index contributed by atoms with van der Waals surface area (Å²) in [4.78, 5) is 0. The monoisotopic (exact) mass is 640 g/mol. The van der Waals surface area contributed by atoms with E-state index in [0.717, 1.165) is 0 Å². The molecule has 39 heavy (non-hydrogen) atoms. The third-order valence-electron chi connectivity index (χ3n) is 8.51. The molecule has 0 saturated carbocycles. The van der Waals surface area contributed by atoms with Crippen molar-refractivity contribution in [3.05, 3.63) is 70.9 Å². The van der Waals surface area contributed by atoms with Crippen LogP contribution in [0.25, 0.3) is 6.08 Å². The molecule has 0 N–H and O–H groups in total. The summed E-state index contributed by atoms with van der Waals surface area (Å²) in [5, 5.41) is 3.37. The van der Waals surface area contributed by atoms with Crippen LogP contribution in [-0.2, 0) is 20.4 Å². The summed E-state index contributed by atoms with van der Waals surface area (Å²) in [5.41, 5.74) is 3.00. The van der Waals surface area contributed by atoms with Gasteiger partial charge in [-0.2, -0.15) is 0 Å². The van der Waals surface area contributed by atoms with Crippen molar-refractivity contribution in [1.29, 1.82) is 0 Å². The molecule has 0 aromatic heterocycles. The molecule has 0 heterocycles. The van der Waals surface area contributed by atoms with E-state index in [1.54, 1.807) is 10.4 Å². The topological polar surface area (TPSA) is 0 Å². The Kier molecular flexibility index (Phi) is 22.6. The van der Waals surface area contributed by atoms with E-state index in [4.69, 9.17) is 0 Å². The minimum absolute atomic E-state index is 0. The third kappa shape index (κ3) is 12.8. The Morgan fingerprint density at radius 2 is 1.03 bits per heavy atom. The Bertz CT molecular complexity index is 904. The van der Waals surface area contributed by atoms with Crippen molar-refractivity contribution in [2.75, 3.05) is 0 Å². The summed E-state index contributed by atoms with van der Waals surface area (Å²) in [6, 6.07) is 22.0. The first-order valence-corrected chi connectivity index (χ1v) is 18.9. The molecule has 3 rings (SSSR count). The second kappa shape index (κ2) is 22.6. The van der Waals surface area contributed by atoms with Crippen LogP contribution in [0.1, 0.15) is 125 Å². The van der Waals surface area contributed by atoms with E-state index in [1.807, 2.05) is 0 Å². The summed E-state index contributed by atoms with van der Waals surface area (Å²) in [7, 11) is -1.70. The van der Waals surface area contributed by atoms with Gasteiger partial charge < -0.3 is 37.2 Å². The Morgan fingerprint density at radius 3 is 1.51 bits per heavy atom. The van der Waals surface area contributed by atoms with E-state index in [-0.39, 0.29) is 37.2 Å². The van der Waals surface area contributed by atoms with Crippen molar-refractivity contribution in [1.82, 2.24) is 0 Å². The summed E-state index contributed by atoms with van der Waals surface area (Å²) in [6.07, 6.45) is 25.6. The summed E-state index contributed by atoms with van der Waals surface area (Å²) in [6.45, 7) is 4.94. The van der Waals surface area contributed by atoms with E-state index < -0.39 is 8.07 Å². The van der Waals surface area contributed by atoms with Gasteiger partial charge in [-0.25, -0.2) is 0 Å². The van der Waals surface area contributed by atoms with Crippen molar-refractivity contribution in [3.63, 3.8) is 0 Å². The van der Waals surface area contributed by atoms with Crippen LogP contribution in [0.4, 0.5) is 0 Å². The largest absolute Gasteiger partial charge is 1.00 e. The molecule has 0 amide bonds. The fourth-order valence-electron chi connectivity index (χ4n) is 6.09. The zero-order valence-corrected chi connectivity index (χ0v) is 29.3. The molecule has 2 aromatic carbocycles. The minimum Gasteiger partial charge on any atom is -1.00 e. The molecule has 0 fully saturated rings. The quantitative estimate of drug-likeness (QED) is 0.161. The molecule has 0 radical (unpaired) electrons. The molecule has 2 atom stereocenters. The van der Waals surface area contributed by atoms with Crippen LogP contribution in [0, 0.1) is 0 Å². The number of hydrogen-bond donors (Lipinski definition) is 0. The van der Waals surface area contributed by atoms with E-state index in [0.29, 0.717) is 4.22 Å². The molecule has 2 aromatic rings. The molecule has 0 aliphatic heterocycles. The number of fused-ring (bicyclic) bond motifs is 1. The fraction of sp³-hybridized carbons (Fsp3) is 0.588. The van der Waals surface area contributed by atoms with Crippen LogP contribution >= 0.6 is 0 Å².